The van der Waals surface area contributed by atoms with Gasteiger partial charge in [-0.15, -0.1) is 11.3 Å². The molecule has 0 unspecified atom stereocenters. The number of carbonyl (C=O) groups is 1. The molecule has 8 nitrogen and oxygen atoms in total. The third kappa shape index (κ3) is 4.46. The van der Waals surface area contributed by atoms with E-state index in [1.807, 2.05) is 13.8 Å². The highest BCUT2D eigenvalue weighted by Gasteiger charge is 2.17. The number of nitrogens with zero attached hydrogens (tertiary/aromatic N) is 3. The highest BCUT2D eigenvalue weighted by atomic mass is 35.5. The van der Waals surface area contributed by atoms with Crippen LogP contribution >= 0.6 is 22.9 Å². The molecule has 1 aromatic carbocycles. The van der Waals surface area contributed by atoms with Crippen molar-refractivity contribution in [1.29, 1.82) is 0 Å². The van der Waals surface area contributed by atoms with Gasteiger partial charge in [-0.2, -0.15) is 10.1 Å². The van der Waals surface area contributed by atoms with E-state index in [2.05, 4.69) is 20.1 Å². The Kier molecular flexibility index (Phi) is 5.49. The van der Waals surface area contributed by atoms with Crippen molar-refractivity contribution in [3.8, 4) is 0 Å². The number of sulfonamides is 1. The van der Waals surface area contributed by atoms with Gasteiger partial charge in [-0.05, 0) is 50.2 Å². The first kappa shape index (κ1) is 19.3. The number of nitrogens with one attached hydrogen (secondary N) is 2. The molecule has 0 aliphatic rings. The molecule has 0 atom stereocenters. The van der Waals surface area contributed by atoms with E-state index >= 15 is 0 Å². The van der Waals surface area contributed by atoms with Gasteiger partial charge in [0.15, 0.2) is 0 Å². The van der Waals surface area contributed by atoms with Crippen LogP contribution in [0.5, 0.6) is 0 Å². The molecule has 0 saturated carbocycles. The summed E-state index contributed by atoms with van der Waals surface area (Å²) in [5.74, 6) is -0.0290. The van der Waals surface area contributed by atoms with Gasteiger partial charge in [-0.1, -0.05) is 11.6 Å². The normalized spacial score (nSPS) is 11.6. The molecule has 0 spiro atoms. The van der Waals surface area contributed by atoms with Crippen LogP contribution in [-0.2, 0) is 10.0 Å². The molecular weight excluding hydrogens is 410 g/mol. The van der Waals surface area contributed by atoms with Crippen molar-refractivity contribution in [2.24, 2.45) is 0 Å². The number of rotatable bonds is 6. The minimum absolute atomic E-state index is 0.0466. The Morgan fingerprint density at radius 2 is 1.89 bits per heavy atom. The molecule has 3 rings (SSSR count). The lowest BCUT2D eigenvalue weighted by Gasteiger charge is -2.10. The number of hydrogen-bond acceptors (Lipinski definition) is 6. The van der Waals surface area contributed by atoms with Crippen molar-refractivity contribution >= 4 is 50.5 Å². The summed E-state index contributed by atoms with van der Waals surface area (Å²) in [4.78, 5) is 16.4. The predicted molar refractivity (Wildman–Crippen MR) is 105 cm³/mol. The van der Waals surface area contributed by atoms with E-state index in [4.69, 9.17) is 11.6 Å². The molecule has 2 aromatic heterocycles. The van der Waals surface area contributed by atoms with Gasteiger partial charge in [0.1, 0.15) is 10.5 Å². The van der Waals surface area contributed by atoms with Crippen molar-refractivity contribution in [1.82, 2.24) is 14.8 Å². The standard InChI is InChI=1S/C16H16ClN5O3S2/c1-10(2)22-16(18-9-19-22)20-15(23)11-3-5-12(6-4-11)21-27(24,25)14-8-7-13(17)26-14/h3-10,21H,1-2H3,(H,18,19,20,23). The second kappa shape index (κ2) is 7.67. The maximum atomic E-state index is 12.4. The third-order valence-corrected chi connectivity index (χ3v) is 6.60. The highest BCUT2D eigenvalue weighted by molar-refractivity contribution is 7.94. The summed E-state index contributed by atoms with van der Waals surface area (Å²) in [5, 5.41) is 6.74. The zero-order chi connectivity index (χ0) is 19.6. The van der Waals surface area contributed by atoms with Crippen molar-refractivity contribution in [2.45, 2.75) is 24.1 Å². The number of aromatic nitrogens is 3. The molecule has 0 fully saturated rings. The van der Waals surface area contributed by atoms with Gasteiger partial charge in [0.2, 0.25) is 5.95 Å². The second-order valence-electron chi connectivity index (χ2n) is 5.82. The van der Waals surface area contributed by atoms with E-state index in [0.29, 0.717) is 21.5 Å². The number of halogens is 1. The molecule has 2 heterocycles. The molecule has 142 valence electrons. The molecule has 2 N–H and O–H groups in total. The summed E-state index contributed by atoms with van der Waals surface area (Å²) in [5.41, 5.74) is 0.692. The average molecular weight is 426 g/mol. The van der Waals surface area contributed by atoms with Crippen LogP contribution in [0.25, 0.3) is 0 Å². The first-order valence-electron chi connectivity index (χ1n) is 7.85. The Bertz CT molecular complexity index is 1060. The van der Waals surface area contributed by atoms with Gasteiger partial charge < -0.3 is 0 Å². The Balaban J connectivity index is 1.71. The molecule has 0 aliphatic carbocycles. The Morgan fingerprint density at radius 3 is 2.48 bits per heavy atom. The summed E-state index contributed by atoms with van der Waals surface area (Å²) < 4.78 is 29.1. The van der Waals surface area contributed by atoms with E-state index < -0.39 is 10.0 Å². The number of amides is 1. The van der Waals surface area contributed by atoms with Crippen molar-refractivity contribution < 1.29 is 13.2 Å². The summed E-state index contributed by atoms with van der Waals surface area (Å²) in [7, 11) is -3.72. The number of anilines is 2. The van der Waals surface area contributed by atoms with Crippen LogP contribution in [0.4, 0.5) is 11.6 Å². The second-order valence-corrected chi connectivity index (χ2v) is 9.44. The summed E-state index contributed by atoms with van der Waals surface area (Å²) in [6.45, 7) is 3.85. The molecule has 3 aromatic rings. The van der Waals surface area contributed by atoms with Crippen molar-refractivity contribution in [3.05, 3.63) is 52.6 Å². The van der Waals surface area contributed by atoms with E-state index in [1.165, 1.54) is 42.7 Å². The smallest absolute Gasteiger partial charge is 0.271 e. The largest absolute Gasteiger partial charge is 0.291 e. The van der Waals surface area contributed by atoms with Gasteiger partial charge in [-0.25, -0.2) is 13.1 Å². The van der Waals surface area contributed by atoms with Crippen LogP contribution in [0.1, 0.15) is 30.2 Å². The van der Waals surface area contributed by atoms with E-state index in [9.17, 15) is 13.2 Å². The Hall–Kier alpha value is -2.43. The number of thiophene rings is 1. The fourth-order valence-electron chi connectivity index (χ4n) is 2.23. The van der Waals surface area contributed by atoms with Gasteiger partial charge in [0, 0.05) is 11.3 Å². The fraction of sp³-hybridized carbons (Fsp3) is 0.188. The third-order valence-electron chi connectivity index (χ3n) is 3.50. The lowest BCUT2D eigenvalue weighted by molar-refractivity contribution is 0.102. The molecule has 0 radical (unpaired) electrons. The van der Waals surface area contributed by atoms with E-state index in [0.717, 1.165) is 11.3 Å². The van der Waals surface area contributed by atoms with Gasteiger partial charge in [0.05, 0.1) is 10.4 Å². The highest BCUT2D eigenvalue weighted by Crippen LogP contribution is 2.27. The van der Waals surface area contributed by atoms with E-state index in [-0.39, 0.29) is 16.2 Å². The maximum absolute atomic E-state index is 12.4. The molecule has 1 amide bonds. The van der Waals surface area contributed by atoms with Crippen LogP contribution in [0, 0.1) is 0 Å². The molecule has 0 saturated heterocycles. The lowest BCUT2D eigenvalue weighted by atomic mass is 10.2. The Labute approximate surface area is 165 Å². The zero-order valence-electron chi connectivity index (χ0n) is 14.4. The van der Waals surface area contributed by atoms with Crippen LogP contribution in [0.3, 0.4) is 0 Å². The molecular formula is C16H16ClN5O3S2. The molecule has 0 aliphatic heterocycles. The van der Waals surface area contributed by atoms with Crippen LogP contribution < -0.4 is 10.0 Å². The minimum Gasteiger partial charge on any atom is -0.291 e. The minimum atomic E-state index is -3.72. The van der Waals surface area contributed by atoms with E-state index in [1.54, 1.807) is 4.68 Å². The van der Waals surface area contributed by atoms with Crippen molar-refractivity contribution in [3.63, 3.8) is 0 Å². The number of carbonyl (C=O) groups excluding carboxylic acids is 1. The van der Waals surface area contributed by atoms with Crippen molar-refractivity contribution in [2.75, 3.05) is 10.0 Å². The SMILES string of the molecule is CC(C)n1ncnc1NC(=O)c1ccc(NS(=O)(=O)c2ccc(Cl)s2)cc1. The lowest BCUT2D eigenvalue weighted by Crippen LogP contribution is -2.17. The number of hydrogen-bond donors (Lipinski definition) is 2. The predicted octanol–water partition coefficient (Wildman–Crippen LogP) is 3.63. The first-order valence-corrected chi connectivity index (χ1v) is 10.5. The quantitative estimate of drug-likeness (QED) is 0.627. The zero-order valence-corrected chi connectivity index (χ0v) is 16.8. The average Bonchev–Trinajstić information content (AvgIpc) is 3.24. The first-order chi connectivity index (χ1) is 12.8. The van der Waals surface area contributed by atoms with Crippen LogP contribution in [-0.4, -0.2) is 29.1 Å². The summed E-state index contributed by atoms with van der Waals surface area (Å²) in [6.07, 6.45) is 1.37. The molecule has 27 heavy (non-hydrogen) atoms. The monoisotopic (exact) mass is 425 g/mol. The summed E-state index contributed by atoms with van der Waals surface area (Å²) in [6, 6.07) is 9.05. The van der Waals surface area contributed by atoms with Gasteiger partial charge in [0.25, 0.3) is 15.9 Å². The molecule has 11 heteroatoms. The summed E-state index contributed by atoms with van der Waals surface area (Å²) >= 11 is 6.75. The van der Waals surface area contributed by atoms with Gasteiger partial charge >= 0.3 is 0 Å². The fourth-order valence-corrected chi connectivity index (χ4v) is 4.77. The van der Waals surface area contributed by atoms with Crippen LogP contribution in [0.2, 0.25) is 4.34 Å². The number of benzene rings is 1. The van der Waals surface area contributed by atoms with Gasteiger partial charge in [-0.3, -0.25) is 14.8 Å². The van der Waals surface area contributed by atoms with Crippen LogP contribution in [0.15, 0.2) is 46.9 Å². The maximum Gasteiger partial charge on any atom is 0.271 e. The molecule has 0 bridgehead atoms. The topological polar surface area (TPSA) is 106 Å². The Morgan fingerprint density at radius 1 is 1.19 bits per heavy atom.